The summed E-state index contributed by atoms with van der Waals surface area (Å²) in [4.78, 5) is 11.0. The molecule has 88 valence electrons. The third-order valence-electron chi connectivity index (χ3n) is 2.49. The van der Waals surface area contributed by atoms with Crippen LogP contribution < -0.4 is 10.5 Å². The smallest absolute Gasteiger partial charge is 0.343 e. The number of methoxy groups -OCH3 is 1. The number of carbonyl (C=O) groups excluding carboxylic acids is 1. The molecule has 0 atom stereocenters. The molecule has 0 saturated carbocycles. The van der Waals surface area contributed by atoms with E-state index in [2.05, 4.69) is 4.74 Å². The zero-order valence-corrected chi connectivity index (χ0v) is 9.47. The Hall–Kier alpha value is -2.23. The Kier molecular flexibility index (Phi) is 3.14. The van der Waals surface area contributed by atoms with Crippen LogP contribution in [-0.4, -0.2) is 19.7 Å². The van der Waals surface area contributed by atoms with Gasteiger partial charge in [-0.1, -0.05) is 24.3 Å². The topological polar surface area (TPSA) is 61.5 Å². The van der Waals surface area contributed by atoms with Gasteiger partial charge in [0.15, 0.2) is 6.61 Å². The minimum atomic E-state index is -0.411. The van der Waals surface area contributed by atoms with E-state index in [1.807, 2.05) is 24.3 Å². The maximum atomic E-state index is 11.0. The third-order valence-corrected chi connectivity index (χ3v) is 2.49. The minimum absolute atomic E-state index is 0.107. The Labute approximate surface area is 98.9 Å². The number of nitrogen functional groups attached to an aromatic ring is 1. The molecule has 0 fully saturated rings. The van der Waals surface area contributed by atoms with Gasteiger partial charge >= 0.3 is 5.97 Å². The van der Waals surface area contributed by atoms with Crippen molar-refractivity contribution in [2.75, 3.05) is 19.5 Å². The van der Waals surface area contributed by atoms with Gasteiger partial charge in [-0.2, -0.15) is 0 Å². The van der Waals surface area contributed by atoms with E-state index in [1.54, 1.807) is 12.1 Å². The predicted molar refractivity (Wildman–Crippen MR) is 65.9 cm³/mol. The number of fused-ring (bicyclic) bond motifs is 1. The molecule has 0 saturated heterocycles. The fraction of sp³-hybridized carbons (Fsp3) is 0.154. The minimum Gasteiger partial charge on any atom is -0.481 e. The van der Waals surface area contributed by atoms with E-state index in [0.717, 1.165) is 10.8 Å². The van der Waals surface area contributed by atoms with Crippen molar-refractivity contribution in [3.8, 4) is 5.75 Å². The van der Waals surface area contributed by atoms with Gasteiger partial charge in [-0.25, -0.2) is 4.79 Å². The molecular weight excluding hydrogens is 218 g/mol. The van der Waals surface area contributed by atoms with E-state index in [4.69, 9.17) is 10.5 Å². The van der Waals surface area contributed by atoms with Crippen molar-refractivity contribution in [2.24, 2.45) is 0 Å². The van der Waals surface area contributed by atoms with Gasteiger partial charge in [0.1, 0.15) is 5.75 Å². The van der Waals surface area contributed by atoms with Gasteiger partial charge in [0, 0.05) is 16.5 Å². The van der Waals surface area contributed by atoms with Crippen LogP contribution in [0.5, 0.6) is 5.75 Å². The van der Waals surface area contributed by atoms with Crippen LogP contribution in [0.2, 0.25) is 0 Å². The van der Waals surface area contributed by atoms with Crippen LogP contribution in [0, 0.1) is 0 Å². The van der Waals surface area contributed by atoms with E-state index >= 15 is 0 Å². The van der Waals surface area contributed by atoms with Gasteiger partial charge in [-0.15, -0.1) is 0 Å². The van der Waals surface area contributed by atoms with E-state index < -0.39 is 5.97 Å². The second-order valence-corrected chi connectivity index (χ2v) is 3.56. The highest BCUT2D eigenvalue weighted by atomic mass is 16.6. The number of anilines is 1. The molecule has 0 aliphatic heterocycles. The maximum absolute atomic E-state index is 11.0. The molecule has 2 rings (SSSR count). The average molecular weight is 231 g/mol. The number of carbonyl (C=O) groups is 1. The summed E-state index contributed by atoms with van der Waals surface area (Å²) in [5.41, 5.74) is 6.55. The van der Waals surface area contributed by atoms with Crippen molar-refractivity contribution < 1.29 is 14.3 Å². The molecule has 0 aliphatic rings. The third kappa shape index (κ3) is 2.30. The Morgan fingerprint density at radius 3 is 2.59 bits per heavy atom. The van der Waals surface area contributed by atoms with Gasteiger partial charge in [0.25, 0.3) is 0 Å². The molecule has 4 nitrogen and oxygen atoms in total. The Bertz CT molecular complexity index is 551. The van der Waals surface area contributed by atoms with Crippen LogP contribution in [0.15, 0.2) is 36.4 Å². The summed E-state index contributed by atoms with van der Waals surface area (Å²) in [6.07, 6.45) is 0. The van der Waals surface area contributed by atoms with Gasteiger partial charge in [0.05, 0.1) is 7.11 Å². The molecule has 4 heteroatoms. The number of esters is 1. The Balaban J connectivity index is 2.35. The molecule has 0 aromatic heterocycles. The van der Waals surface area contributed by atoms with Crippen molar-refractivity contribution in [3.05, 3.63) is 36.4 Å². The number of benzene rings is 2. The molecule has 17 heavy (non-hydrogen) atoms. The molecular formula is C13H13NO3. The van der Waals surface area contributed by atoms with Crippen LogP contribution in [0.25, 0.3) is 10.8 Å². The SMILES string of the molecule is COC(=O)COc1ccc(N)c2ccccc12. The maximum Gasteiger partial charge on any atom is 0.343 e. The summed E-state index contributed by atoms with van der Waals surface area (Å²) in [7, 11) is 1.33. The summed E-state index contributed by atoms with van der Waals surface area (Å²) >= 11 is 0. The van der Waals surface area contributed by atoms with E-state index in [-0.39, 0.29) is 6.61 Å². The van der Waals surface area contributed by atoms with E-state index in [0.29, 0.717) is 11.4 Å². The summed E-state index contributed by atoms with van der Waals surface area (Å²) < 4.78 is 9.92. The monoisotopic (exact) mass is 231 g/mol. The first-order valence-electron chi connectivity index (χ1n) is 5.19. The van der Waals surface area contributed by atoms with Crippen molar-refractivity contribution in [1.29, 1.82) is 0 Å². The number of nitrogens with two attached hydrogens (primary N) is 1. The largest absolute Gasteiger partial charge is 0.481 e. The fourth-order valence-corrected chi connectivity index (χ4v) is 1.62. The first-order valence-corrected chi connectivity index (χ1v) is 5.19. The molecule has 2 N–H and O–H groups in total. The quantitative estimate of drug-likeness (QED) is 0.648. The lowest BCUT2D eigenvalue weighted by Gasteiger charge is -2.09. The molecule has 0 heterocycles. The standard InChI is InChI=1S/C13H13NO3/c1-16-13(15)8-17-12-7-6-11(14)9-4-2-3-5-10(9)12/h2-7H,8,14H2,1H3. The molecule has 2 aromatic rings. The molecule has 0 radical (unpaired) electrons. The first-order chi connectivity index (χ1) is 8.22. The van der Waals surface area contributed by atoms with Gasteiger partial charge in [-0.05, 0) is 12.1 Å². The lowest BCUT2D eigenvalue weighted by molar-refractivity contribution is -0.142. The predicted octanol–water partition coefficient (Wildman–Crippen LogP) is 1.97. The van der Waals surface area contributed by atoms with Crippen LogP contribution in [0.1, 0.15) is 0 Å². The summed E-state index contributed by atoms with van der Waals surface area (Å²) in [6.45, 7) is -0.107. The van der Waals surface area contributed by atoms with Crippen LogP contribution in [-0.2, 0) is 9.53 Å². The normalized spacial score (nSPS) is 10.2. The van der Waals surface area contributed by atoms with Crippen molar-refractivity contribution in [2.45, 2.75) is 0 Å². The first kappa shape index (κ1) is 11.3. The zero-order chi connectivity index (χ0) is 12.3. The van der Waals surface area contributed by atoms with Crippen molar-refractivity contribution in [1.82, 2.24) is 0 Å². The second kappa shape index (κ2) is 4.74. The lowest BCUT2D eigenvalue weighted by atomic mass is 10.1. The highest BCUT2D eigenvalue weighted by Crippen LogP contribution is 2.29. The second-order valence-electron chi connectivity index (χ2n) is 3.56. The zero-order valence-electron chi connectivity index (χ0n) is 9.47. The van der Waals surface area contributed by atoms with Crippen LogP contribution in [0.4, 0.5) is 5.69 Å². The fourth-order valence-electron chi connectivity index (χ4n) is 1.62. The van der Waals surface area contributed by atoms with Gasteiger partial charge in [0.2, 0.25) is 0 Å². The molecule has 0 bridgehead atoms. The number of hydrogen-bond donors (Lipinski definition) is 1. The highest BCUT2D eigenvalue weighted by molar-refractivity contribution is 5.97. The van der Waals surface area contributed by atoms with Crippen molar-refractivity contribution >= 4 is 22.4 Å². The van der Waals surface area contributed by atoms with E-state index in [1.165, 1.54) is 7.11 Å². The number of ether oxygens (including phenoxy) is 2. The molecule has 0 amide bonds. The lowest BCUT2D eigenvalue weighted by Crippen LogP contribution is -2.12. The molecule has 0 aliphatic carbocycles. The Morgan fingerprint density at radius 1 is 1.18 bits per heavy atom. The summed E-state index contributed by atoms with van der Waals surface area (Å²) in [5, 5.41) is 1.80. The number of rotatable bonds is 3. The number of hydrogen-bond acceptors (Lipinski definition) is 4. The highest BCUT2D eigenvalue weighted by Gasteiger charge is 2.07. The molecule has 0 unspecified atom stereocenters. The van der Waals surface area contributed by atoms with Crippen LogP contribution in [0.3, 0.4) is 0 Å². The summed E-state index contributed by atoms with van der Waals surface area (Å²) in [6, 6.07) is 11.1. The van der Waals surface area contributed by atoms with Gasteiger partial charge in [-0.3, -0.25) is 0 Å². The average Bonchev–Trinajstić information content (AvgIpc) is 2.38. The molecule has 2 aromatic carbocycles. The van der Waals surface area contributed by atoms with Crippen LogP contribution >= 0.6 is 0 Å². The van der Waals surface area contributed by atoms with Gasteiger partial charge < -0.3 is 15.2 Å². The molecule has 0 spiro atoms. The summed E-state index contributed by atoms with van der Waals surface area (Å²) in [5.74, 6) is 0.214. The Morgan fingerprint density at radius 2 is 1.88 bits per heavy atom. The van der Waals surface area contributed by atoms with E-state index in [9.17, 15) is 4.79 Å². The van der Waals surface area contributed by atoms with Crippen molar-refractivity contribution in [3.63, 3.8) is 0 Å².